The largest absolute Gasteiger partial charge is 0.369 e. The molecule has 0 radical (unpaired) electrons. The number of nitrogens with two attached hydrogens (primary N) is 1. The number of carbonyl (C=O) groups excluding carboxylic acids is 2. The molecule has 0 aromatic heterocycles. The lowest BCUT2D eigenvalue weighted by atomic mass is 9.90. The van der Waals surface area contributed by atoms with Gasteiger partial charge in [0.25, 0.3) is 0 Å². The lowest BCUT2D eigenvalue weighted by Crippen LogP contribution is -2.47. The molecule has 27 heavy (non-hydrogen) atoms. The van der Waals surface area contributed by atoms with Gasteiger partial charge in [0.05, 0.1) is 6.54 Å². The molecule has 0 saturated carbocycles. The van der Waals surface area contributed by atoms with Crippen LogP contribution in [0.25, 0.3) is 0 Å². The maximum absolute atomic E-state index is 12.5. The number of piperidine rings is 2. The zero-order valence-electron chi connectivity index (χ0n) is 16.5. The molecular weight excluding hydrogens is 338 g/mol. The SMILES string of the molecule is Cc1ccc(CCC2CCN(CC(=O)N3CCC(C(N)=O)CC3)CC2)cc1. The van der Waals surface area contributed by atoms with Crippen molar-refractivity contribution in [3.05, 3.63) is 35.4 Å². The van der Waals surface area contributed by atoms with Gasteiger partial charge in [-0.25, -0.2) is 0 Å². The second-order valence-electron chi connectivity index (χ2n) is 8.30. The molecule has 2 N–H and O–H groups in total. The molecule has 0 aliphatic carbocycles. The van der Waals surface area contributed by atoms with Crippen LogP contribution in [0.1, 0.15) is 43.2 Å². The van der Waals surface area contributed by atoms with E-state index in [9.17, 15) is 9.59 Å². The molecule has 3 rings (SSSR count). The van der Waals surface area contributed by atoms with Crippen molar-refractivity contribution in [2.24, 2.45) is 17.6 Å². The Morgan fingerprint density at radius 1 is 1.00 bits per heavy atom. The highest BCUT2D eigenvalue weighted by molar-refractivity contribution is 5.80. The Balaban J connectivity index is 1.35. The lowest BCUT2D eigenvalue weighted by Gasteiger charge is -2.35. The van der Waals surface area contributed by atoms with Crippen molar-refractivity contribution < 1.29 is 9.59 Å². The van der Waals surface area contributed by atoms with Crippen LogP contribution in [0.4, 0.5) is 0 Å². The fourth-order valence-electron chi connectivity index (χ4n) is 4.26. The lowest BCUT2D eigenvalue weighted by molar-refractivity contribution is -0.136. The van der Waals surface area contributed by atoms with E-state index in [-0.39, 0.29) is 17.7 Å². The predicted molar refractivity (Wildman–Crippen MR) is 107 cm³/mol. The number of benzene rings is 1. The summed E-state index contributed by atoms with van der Waals surface area (Å²) in [4.78, 5) is 28.0. The molecule has 1 aromatic carbocycles. The fraction of sp³-hybridized carbons (Fsp3) is 0.636. The third kappa shape index (κ3) is 5.80. The quantitative estimate of drug-likeness (QED) is 0.835. The van der Waals surface area contributed by atoms with Gasteiger partial charge in [0, 0.05) is 19.0 Å². The number of nitrogens with zero attached hydrogens (tertiary/aromatic N) is 2. The van der Waals surface area contributed by atoms with Crippen molar-refractivity contribution in [3.8, 4) is 0 Å². The molecule has 1 aromatic rings. The summed E-state index contributed by atoms with van der Waals surface area (Å²) in [7, 11) is 0. The minimum Gasteiger partial charge on any atom is -0.369 e. The van der Waals surface area contributed by atoms with Gasteiger partial charge in [-0.2, -0.15) is 0 Å². The average molecular weight is 372 g/mol. The second-order valence-corrected chi connectivity index (χ2v) is 8.30. The Hall–Kier alpha value is -1.88. The Morgan fingerprint density at radius 3 is 2.22 bits per heavy atom. The first-order valence-corrected chi connectivity index (χ1v) is 10.4. The van der Waals surface area contributed by atoms with Crippen LogP contribution < -0.4 is 5.73 Å². The van der Waals surface area contributed by atoms with Gasteiger partial charge < -0.3 is 10.6 Å². The summed E-state index contributed by atoms with van der Waals surface area (Å²) in [6.45, 7) is 6.01. The molecule has 0 spiro atoms. The van der Waals surface area contributed by atoms with Crippen LogP contribution in [0, 0.1) is 18.8 Å². The van der Waals surface area contributed by atoms with Crippen LogP contribution in [-0.2, 0) is 16.0 Å². The zero-order chi connectivity index (χ0) is 19.2. The third-order valence-electron chi connectivity index (χ3n) is 6.28. The molecule has 2 saturated heterocycles. The molecule has 2 amide bonds. The summed E-state index contributed by atoms with van der Waals surface area (Å²) < 4.78 is 0. The van der Waals surface area contributed by atoms with E-state index < -0.39 is 0 Å². The molecular formula is C22H33N3O2. The van der Waals surface area contributed by atoms with Crippen molar-refractivity contribution in [2.45, 2.75) is 45.4 Å². The number of likely N-dealkylation sites (tertiary alicyclic amines) is 2. The van der Waals surface area contributed by atoms with Gasteiger partial charge in [-0.05, 0) is 70.0 Å². The fourth-order valence-corrected chi connectivity index (χ4v) is 4.26. The first kappa shape index (κ1) is 19.9. The van der Waals surface area contributed by atoms with Gasteiger partial charge >= 0.3 is 0 Å². The maximum Gasteiger partial charge on any atom is 0.236 e. The molecule has 2 heterocycles. The van der Waals surface area contributed by atoms with E-state index in [4.69, 9.17) is 5.73 Å². The number of aryl methyl sites for hydroxylation is 2. The number of hydrogen-bond acceptors (Lipinski definition) is 3. The minimum absolute atomic E-state index is 0.0571. The molecule has 5 nitrogen and oxygen atoms in total. The first-order valence-electron chi connectivity index (χ1n) is 10.4. The van der Waals surface area contributed by atoms with Crippen molar-refractivity contribution in [3.63, 3.8) is 0 Å². The summed E-state index contributed by atoms with van der Waals surface area (Å²) in [5.41, 5.74) is 8.11. The van der Waals surface area contributed by atoms with Gasteiger partial charge in [-0.15, -0.1) is 0 Å². The standard InChI is InChI=1S/C22H33N3O2/c1-17-2-4-18(5-3-17)6-7-19-8-12-24(13-9-19)16-21(26)25-14-10-20(11-15-25)22(23)27/h2-5,19-20H,6-16H2,1H3,(H2,23,27). The Kier molecular flexibility index (Phi) is 6.89. The third-order valence-corrected chi connectivity index (χ3v) is 6.28. The molecule has 2 aliphatic heterocycles. The molecule has 2 fully saturated rings. The topological polar surface area (TPSA) is 66.6 Å². The molecule has 5 heteroatoms. The van der Waals surface area contributed by atoms with Crippen molar-refractivity contribution in [1.29, 1.82) is 0 Å². The van der Waals surface area contributed by atoms with E-state index in [0.29, 0.717) is 32.5 Å². The molecule has 0 atom stereocenters. The Morgan fingerprint density at radius 2 is 1.63 bits per heavy atom. The van der Waals surface area contributed by atoms with Crippen LogP contribution in [0.3, 0.4) is 0 Å². The van der Waals surface area contributed by atoms with Crippen LogP contribution in [0.5, 0.6) is 0 Å². The minimum atomic E-state index is -0.227. The van der Waals surface area contributed by atoms with E-state index in [1.165, 1.54) is 30.4 Å². The van der Waals surface area contributed by atoms with Crippen LogP contribution in [0.15, 0.2) is 24.3 Å². The van der Waals surface area contributed by atoms with E-state index in [1.807, 2.05) is 4.90 Å². The van der Waals surface area contributed by atoms with Crippen molar-refractivity contribution in [2.75, 3.05) is 32.7 Å². The summed E-state index contributed by atoms with van der Waals surface area (Å²) in [6.07, 6.45) is 6.18. The van der Waals surface area contributed by atoms with Crippen molar-refractivity contribution in [1.82, 2.24) is 9.80 Å². The second kappa shape index (κ2) is 9.36. The van der Waals surface area contributed by atoms with Gasteiger partial charge in [-0.3, -0.25) is 14.5 Å². The Labute approximate surface area is 162 Å². The summed E-state index contributed by atoms with van der Waals surface area (Å²) in [6, 6.07) is 8.86. The average Bonchev–Trinajstić information content (AvgIpc) is 2.68. The normalized spacial score (nSPS) is 20.0. The number of primary amides is 1. The van der Waals surface area contributed by atoms with E-state index >= 15 is 0 Å². The molecule has 2 aliphatic rings. The van der Waals surface area contributed by atoms with Gasteiger partial charge in [0.15, 0.2) is 0 Å². The monoisotopic (exact) mass is 371 g/mol. The van der Waals surface area contributed by atoms with Gasteiger partial charge in [0.2, 0.25) is 11.8 Å². The highest BCUT2D eigenvalue weighted by atomic mass is 16.2. The zero-order valence-corrected chi connectivity index (χ0v) is 16.5. The van der Waals surface area contributed by atoms with Crippen LogP contribution in [-0.4, -0.2) is 54.3 Å². The molecule has 0 bridgehead atoms. The van der Waals surface area contributed by atoms with Crippen LogP contribution in [0.2, 0.25) is 0 Å². The summed E-state index contributed by atoms with van der Waals surface area (Å²) in [5, 5.41) is 0. The molecule has 0 unspecified atom stereocenters. The van der Waals surface area contributed by atoms with Crippen LogP contribution >= 0.6 is 0 Å². The molecule has 148 valence electrons. The Bertz CT molecular complexity index is 627. The van der Waals surface area contributed by atoms with E-state index in [0.717, 1.165) is 25.4 Å². The number of carbonyl (C=O) groups is 2. The van der Waals surface area contributed by atoms with E-state index in [2.05, 4.69) is 36.1 Å². The maximum atomic E-state index is 12.5. The number of rotatable bonds is 6. The highest BCUT2D eigenvalue weighted by Gasteiger charge is 2.27. The highest BCUT2D eigenvalue weighted by Crippen LogP contribution is 2.23. The first-order chi connectivity index (χ1) is 13.0. The van der Waals surface area contributed by atoms with Gasteiger partial charge in [-0.1, -0.05) is 29.8 Å². The predicted octanol–water partition coefficient (Wildman–Crippen LogP) is 2.36. The van der Waals surface area contributed by atoms with Crippen molar-refractivity contribution >= 4 is 11.8 Å². The summed E-state index contributed by atoms with van der Waals surface area (Å²) in [5.74, 6) is 0.688. The smallest absolute Gasteiger partial charge is 0.236 e. The van der Waals surface area contributed by atoms with E-state index in [1.54, 1.807) is 0 Å². The summed E-state index contributed by atoms with van der Waals surface area (Å²) >= 11 is 0. The number of amides is 2. The van der Waals surface area contributed by atoms with Gasteiger partial charge in [0.1, 0.15) is 0 Å². The number of hydrogen-bond donors (Lipinski definition) is 1.